The van der Waals surface area contributed by atoms with Crippen LogP contribution < -0.4 is 4.74 Å². The number of aryl methyl sites for hydroxylation is 1. The molecule has 1 atom stereocenters. The summed E-state index contributed by atoms with van der Waals surface area (Å²) in [6.45, 7) is 2.35. The zero-order valence-electron chi connectivity index (χ0n) is 16.1. The van der Waals surface area contributed by atoms with Crippen LogP contribution in [-0.2, 0) is 17.6 Å². The second kappa shape index (κ2) is 9.71. The van der Waals surface area contributed by atoms with Crippen LogP contribution in [0.1, 0.15) is 29.0 Å². The third kappa shape index (κ3) is 6.03. The molecule has 0 bridgehead atoms. The second-order valence-corrected chi connectivity index (χ2v) is 7.55. The molecule has 0 radical (unpaired) electrons. The number of ether oxygens (including phenoxy) is 2. The largest absolute Gasteiger partial charge is 0.573 e. The Bertz CT molecular complexity index is 974. The molecule has 9 heteroatoms. The van der Waals surface area contributed by atoms with E-state index in [1.54, 1.807) is 6.07 Å². The average Bonchev–Trinajstić information content (AvgIpc) is 3.21. The van der Waals surface area contributed by atoms with E-state index in [9.17, 15) is 13.2 Å². The van der Waals surface area contributed by atoms with Crippen molar-refractivity contribution < 1.29 is 22.6 Å². The maximum absolute atomic E-state index is 12.5. The minimum atomic E-state index is -4.76. The first-order valence-corrected chi connectivity index (χ1v) is 10.1. The first-order chi connectivity index (χ1) is 14.4. The van der Waals surface area contributed by atoms with Gasteiger partial charge in [-0.2, -0.15) is 0 Å². The van der Waals surface area contributed by atoms with Gasteiger partial charge in [0.05, 0.1) is 12.5 Å². The monoisotopic (exact) mass is 435 g/mol. The van der Waals surface area contributed by atoms with Crippen molar-refractivity contribution in [2.75, 3.05) is 6.61 Å². The molecule has 158 valence electrons. The van der Waals surface area contributed by atoms with Crippen molar-refractivity contribution in [2.24, 2.45) is 0 Å². The number of benzene rings is 2. The first kappa shape index (κ1) is 21.8. The lowest BCUT2D eigenvalue weighted by Gasteiger charge is -2.13. The van der Waals surface area contributed by atoms with Gasteiger partial charge in [0.15, 0.2) is 6.40 Å². The molecular formula is C21H20F3N3O2S. The van der Waals surface area contributed by atoms with Gasteiger partial charge in [0.2, 0.25) is 0 Å². The van der Waals surface area contributed by atoms with Gasteiger partial charge in [-0.25, -0.2) is 0 Å². The van der Waals surface area contributed by atoms with Gasteiger partial charge in [-0.1, -0.05) is 54.7 Å². The van der Waals surface area contributed by atoms with E-state index in [1.165, 1.54) is 35.1 Å². The molecule has 0 amide bonds. The standard InChI is InChI=1S/C21H20F3N3O2S/c1-2-14-6-8-15(9-7-14)10-17(12-28-13-25)20-27-26-19(30-20)16-4-3-5-18(11-16)29-21(22,23)24/h3-9,11,13,17,25H,2,10,12H2,1H3/t17-/m1/s1. The Morgan fingerprint density at radius 1 is 1.10 bits per heavy atom. The van der Waals surface area contributed by atoms with E-state index in [1.807, 2.05) is 0 Å². The Labute approximate surface area is 176 Å². The predicted octanol–water partition coefficient (Wildman–Crippen LogP) is 5.62. The number of nitrogens with zero attached hydrogens (tertiary/aromatic N) is 2. The number of hydrogen-bond donors (Lipinski definition) is 1. The lowest BCUT2D eigenvalue weighted by molar-refractivity contribution is -0.274. The molecule has 0 aliphatic rings. The fourth-order valence-corrected chi connectivity index (χ4v) is 3.84. The first-order valence-electron chi connectivity index (χ1n) is 9.26. The Kier molecular flexibility index (Phi) is 7.04. The third-order valence-electron chi connectivity index (χ3n) is 4.40. The van der Waals surface area contributed by atoms with Crippen LogP contribution in [0.5, 0.6) is 5.75 Å². The maximum atomic E-state index is 12.5. The van der Waals surface area contributed by atoms with Crippen LogP contribution in [0.3, 0.4) is 0 Å². The Hall–Kier alpha value is -2.94. The molecule has 0 saturated heterocycles. The zero-order chi connectivity index (χ0) is 21.6. The number of alkyl halides is 3. The molecular weight excluding hydrogens is 415 g/mol. The van der Waals surface area contributed by atoms with E-state index < -0.39 is 6.36 Å². The highest BCUT2D eigenvalue weighted by molar-refractivity contribution is 7.14. The molecule has 0 unspecified atom stereocenters. The highest BCUT2D eigenvalue weighted by atomic mass is 32.1. The summed E-state index contributed by atoms with van der Waals surface area (Å²) < 4.78 is 46.6. The van der Waals surface area contributed by atoms with Crippen LogP contribution in [0, 0.1) is 5.41 Å². The normalized spacial score (nSPS) is 12.4. The molecule has 0 saturated carbocycles. The molecule has 0 spiro atoms. The Morgan fingerprint density at radius 2 is 1.83 bits per heavy atom. The van der Waals surface area contributed by atoms with E-state index >= 15 is 0 Å². The summed E-state index contributed by atoms with van der Waals surface area (Å²) in [6, 6.07) is 13.9. The predicted molar refractivity (Wildman–Crippen MR) is 109 cm³/mol. The summed E-state index contributed by atoms with van der Waals surface area (Å²) in [5, 5.41) is 16.7. The Morgan fingerprint density at radius 3 is 2.50 bits per heavy atom. The smallest absolute Gasteiger partial charge is 0.483 e. The molecule has 1 aromatic heterocycles. The van der Waals surface area contributed by atoms with Crippen molar-refractivity contribution in [3.8, 4) is 16.3 Å². The van der Waals surface area contributed by atoms with Gasteiger partial charge < -0.3 is 9.47 Å². The lowest BCUT2D eigenvalue weighted by atomic mass is 9.99. The quantitative estimate of drug-likeness (QED) is 0.350. The molecule has 2 aromatic carbocycles. The minimum Gasteiger partial charge on any atom is -0.483 e. The summed E-state index contributed by atoms with van der Waals surface area (Å²) in [4.78, 5) is 0. The highest BCUT2D eigenvalue weighted by Gasteiger charge is 2.31. The summed E-state index contributed by atoms with van der Waals surface area (Å²) in [7, 11) is 0. The van der Waals surface area contributed by atoms with E-state index in [-0.39, 0.29) is 18.3 Å². The lowest BCUT2D eigenvalue weighted by Crippen LogP contribution is -2.17. The van der Waals surface area contributed by atoms with Crippen LogP contribution in [0.15, 0.2) is 48.5 Å². The fraction of sp³-hybridized carbons (Fsp3) is 0.286. The van der Waals surface area contributed by atoms with E-state index in [0.29, 0.717) is 22.0 Å². The molecule has 1 heterocycles. The van der Waals surface area contributed by atoms with Crippen molar-refractivity contribution in [1.29, 1.82) is 5.41 Å². The topological polar surface area (TPSA) is 68.1 Å². The number of aromatic nitrogens is 2. The molecule has 0 fully saturated rings. The summed E-state index contributed by atoms with van der Waals surface area (Å²) in [5.74, 6) is -0.448. The molecule has 0 aliphatic heterocycles. The van der Waals surface area contributed by atoms with E-state index in [0.717, 1.165) is 18.4 Å². The van der Waals surface area contributed by atoms with Crippen molar-refractivity contribution in [1.82, 2.24) is 10.2 Å². The van der Waals surface area contributed by atoms with Gasteiger partial charge in [-0.15, -0.1) is 23.4 Å². The van der Waals surface area contributed by atoms with Gasteiger partial charge in [0, 0.05) is 5.56 Å². The zero-order valence-corrected chi connectivity index (χ0v) is 17.0. The average molecular weight is 435 g/mol. The van der Waals surface area contributed by atoms with Crippen molar-refractivity contribution in [2.45, 2.75) is 32.0 Å². The number of hydrogen-bond acceptors (Lipinski definition) is 6. The van der Waals surface area contributed by atoms with Crippen LogP contribution in [-0.4, -0.2) is 29.6 Å². The molecule has 5 nitrogen and oxygen atoms in total. The van der Waals surface area contributed by atoms with Gasteiger partial charge in [0.1, 0.15) is 15.8 Å². The van der Waals surface area contributed by atoms with Crippen LogP contribution in [0.25, 0.3) is 10.6 Å². The highest BCUT2D eigenvalue weighted by Crippen LogP contribution is 2.32. The number of nitrogens with one attached hydrogen (secondary N) is 1. The molecule has 0 aliphatic carbocycles. The molecule has 3 aromatic rings. The summed E-state index contributed by atoms with van der Waals surface area (Å²) in [5.41, 5.74) is 2.83. The SMILES string of the molecule is CCc1ccc(C[C@H](COC=N)c2nnc(-c3cccc(OC(F)(F)F)c3)s2)cc1. The van der Waals surface area contributed by atoms with Gasteiger partial charge in [-0.3, -0.25) is 5.41 Å². The summed E-state index contributed by atoms with van der Waals surface area (Å²) in [6.07, 6.45) is -2.28. The van der Waals surface area contributed by atoms with Gasteiger partial charge >= 0.3 is 6.36 Å². The van der Waals surface area contributed by atoms with Gasteiger partial charge in [-0.05, 0) is 36.1 Å². The van der Waals surface area contributed by atoms with Crippen LogP contribution in [0.2, 0.25) is 0 Å². The third-order valence-corrected chi connectivity index (χ3v) is 5.53. The minimum absolute atomic E-state index is 0.139. The van der Waals surface area contributed by atoms with E-state index in [4.69, 9.17) is 10.1 Å². The fourth-order valence-electron chi connectivity index (χ4n) is 2.92. The van der Waals surface area contributed by atoms with Crippen LogP contribution >= 0.6 is 11.3 Å². The number of halogens is 3. The van der Waals surface area contributed by atoms with Crippen molar-refractivity contribution in [3.63, 3.8) is 0 Å². The number of rotatable bonds is 9. The Balaban J connectivity index is 1.81. The van der Waals surface area contributed by atoms with E-state index in [2.05, 4.69) is 46.1 Å². The van der Waals surface area contributed by atoms with Crippen molar-refractivity contribution in [3.05, 3.63) is 64.7 Å². The summed E-state index contributed by atoms with van der Waals surface area (Å²) >= 11 is 1.28. The van der Waals surface area contributed by atoms with Crippen molar-refractivity contribution >= 4 is 17.7 Å². The molecule has 1 N–H and O–H groups in total. The van der Waals surface area contributed by atoms with Crippen LogP contribution in [0.4, 0.5) is 13.2 Å². The molecule has 3 rings (SSSR count). The maximum Gasteiger partial charge on any atom is 0.573 e. The van der Waals surface area contributed by atoms with Gasteiger partial charge in [0.25, 0.3) is 0 Å². The molecule has 30 heavy (non-hydrogen) atoms. The second-order valence-electron chi connectivity index (χ2n) is 6.54.